The number of hydrogen-bond donors (Lipinski definition) is 3. The molecule has 3 aromatic rings. The van der Waals surface area contributed by atoms with Crippen LogP contribution in [0, 0.1) is 6.92 Å². The molecule has 0 saturated heterocycles. The van der Waals surface area contributed by atoms with Gasteiger partial charge in [0.15, 0.2) is 11.7 Å². The summed E-state index contributed by atoms with van der Waals surface area (Å²) in [6.45, 7) is 8.35. The van der Waals surface area contributed by atoms with Crippen molar-refractivity contribution in [3.05, 3.63) is 53.0 Å². The molecule has 0 atom stereocenters. The van der Waals surface area contributed by atoms with Crippen LogP contribution in [0.4, 0.5) is 0 Å². The van der Waals surface area contributed by atoms with Gasteiger partial charge in [-0.15, -0.1) is 24.0 Å². The minimum atomic E-state index is 0. The van der Waals surface area contributed by atoms with Crippen LogP contribution in [0.1, 0.15) is 36.4 Å². The summed E-state index contributed by atoms with van der Waals surface area (Å²) in [5, 5.41) is 12.0. The van der Waals surface area contributed by atoms with Gasteiger partial charge in [0.1, 0.15) is 6.54 Å². The van der Waals surface area contributed by atoms with E-state index in [-0.39, 0.29) is 24.0 Å². The second-order valence-electron chi connectivity index (χ2n) is 6.32. The lowest BCUT2D eigenvalue weighted by atomic mass is 10.1. The number of aliphatic imine (C=N–C) groups is 1. The third-order valence-electron chi connectivity index (χ3n) is 4.40. The van der Waals surface area contributed by atoms with Crippen molar-refractivity contribution >= 4 is 40.8 Å². The molecule has 0 bridgehead atoms. The van der Waals surface area contributed by atoms with Crippen LogP contribution in [0.2, 0.25) is 0 Å². The number of nitrogens with one attached hydrogen (secondary N) is 3. The van der Waals surface area contributed by atoms with Crippen LogP contribution in [0.3, 0.4) is 0 Å². The fourth-order valence-corrected chi connectivity index (χ4v) is 2.98. The first-order valence-corrected chi connectivity index (χ1v) is 9.23. The number of fused-ring (bicyclic) bond motifs is 1. The Hall–Kier alpha value is -2.03. The molecule has 6 nitrogen and oxygen atoms in total. The number of aryl methyl sites for hydroxylation is 2. The van der Waals surface area contributed by atoms with E-state index in [4.69, 9.17) is 4.52 Å². The fourth-order valence-electron chi connectivity index (χ4n) is 2.98. The molecule has 0 unspecified atom stereocenters. The predicted octanol–water partition coefficient (Wildman–Crippen LogP) is 3.94. The highest BCUT2D eigenvalue weighted by molar-refractivity contribution is 14.0. The zero-order chi connectivity index (χ0) is 18.4. The van der Waals surface area contributed by atoms with E-state index in [1.165, 1.54) is 22.0 Å². The van der Waals surface area contributed by atoms with Crippen LogP contribution in [0.5, 0.6) is 0 Å². The molecule has 27 heavy (non-hydrogen) atoms. The number of nitrogens with zero attached hydrogens (tertiary/aromatic N) is 2. The summed E-state index contributed by atoms with van der Waals surface area (Å²) < 4.78 is 5.29. The zero-order valence-electron chi connectivity index (χ0n) is 16.1. The number of rotatable bonds is 7. The van der Waals surface area contributed by atoms with E-state index in [9.17, 15) is 0 Å². The number of benzene rings is 1. The number of para-hydroxylation sites is 1. The Balaban J connectivity index is 0.00000261. The molecule has 0 amide bonds. The molecule has 2 aromatic heterocycles. The van der Waals surface area contributed by atoms with E-state index in [0.717, 1.165) is 43.3 Å². The second-order valence-corrected chi connectivity index (χ2v) is 6.32. The molecule has 0 aliphatic rings. The Morgan fingerprint density at radius 2 is 2.11 bits per heavy atom. The maximum Gasteiger partial charge on any atom is 0.191 e. The molecule has 3 N–H and O–H groups in total. The zero-order valence-corrected chi connectivity index (χ0v) is 18.5. The average Bonchev–Trinajstić information content (AvgIpc) is 3.27. The molecule has 2 heterocycles. The molecule has 3 rings (SSSR count). The second kappa shape index (κ2) is 10.3. The van der Waals surface area contributed by atoms with Crippen molar-refractivity contribution in [2.75, 3.05) is 13.1 Å². The summed E-state index contributed by atoms with van der Waals surface area (Å²) in [7, 11) is 0. The third-order valence-corrected chi connectivity index (χ3v) is 4.40. The molecule has 0 saturated carbocycles. The van der Waals surface area contributed by atoms with Gasteiger partial charge in [-0.2, -0.15) is 0 Å². The Bertz CT molecular complexity index is 884. The predicted molar refractivity (Wildman–Crippen MR) is 121 cm³/mol. The molecule has 0 radical (unpaired) electrons. The van der Waals surface area contributed by atoms with Crippen LogP contribution in [0.15, 0.2) is 40.0 Å². The van der Waals surface area contributed by atoms with Crippen molar-refractivity contribution < 1.29 is 4.52 Å². The lowest BCUT2D eigenvalue weighted by Crippen LogP contribution is -2.38. The molecule has 1 aromatic carbocycles. The number of H-pyrrole nitrogens is 1. The molecular formula is C20H28IN5O. The smallest absolute Gasteiger partial charge is 0.191 e. The van der Waals surface area contributed by atoms with Crippen LogP contribution >= 0.6 is 24.0 Å². The first kappa shape index (κ1) is 21.3. The summed E-state index contributed by atoms with van der Waals surface area (Å²) in [5.41, 5.74) is 4.77. The normalized spacial score (nSPS) is 11.4. The largest absolute Gasteiger partial charge is 0.361 e. The number of guanidine groups is 1. The average molecular weight is 481 g/mol. The maximum atomic E-state index is 5.29. The van der Waals surface area contributed by atoms with Gasteiger partial charge in [0.2, 0.25) is 0 Å². The number of hydrogen-bond acceptors (Lipinski definition) is 3. The molecular weight excluding hydrogens is 453 g/mol. The molecule has 7 heteroatoms. The minimum absolute atomic E-state index is 0. The van der Waals surface area contributed by atoms with E-state index in [1.807, 2.05) is 6.07 Å². The van der Waals surface area contributed by atoms with Crippen molar-refractivity contribution in [3.63, 3.8) is 0 Å². The summed E-state index contributed by atoms with van der Waals surface area (Å²) in [5.74, 6) is 1.57. The number of aromatic nitrogens is 2. The maximum absolute atomic E-state index is 5.29. The summed E-state index contributed by atoms with van der Waals surface area (Å²) in [6, 6.07) is 8.37. The first-order chi connectivity index (χ1) is 12.7. The highest BCUT2D eigenvalue weighted by Gasteiger charge is 2.06. The van der Waals surface area contributed by atoms with Gasteiger partial charge in [-0.05, 0) is 37.8 Å². The van der Waals surface area contributed by atoms with E-state index in [0.29, 0.717) is 6.54 Å². The Kier molecular flexibility index (Phi) is 8.15. The number of halogens is 1. The van der Waals surface area contributed by atoms with Crippen molar-refractivity contribution in [1.82, 2.24) is 20.8 Å². The lowest BCUT2D eigenvalue weighted by molar-refractivity contribution is 0.379. The van der Waals surface area contributed by atoms with E-state index in [2.05, 4.69) is 70.9 Å². The van der Waals surface area contributed by atoms with Gasteiger partial charge >= 0.3 is 0 Å². The van der Waals surface area contributed by atoms with Crippen LogP contribution in [-0.4, -0.2) is 29.2 Å². The van der Waals surface area contributed by atoms with Crippen LogP contribution in [-0.2, 0) is 19.4 Å². The highest BCUT2D eigenvalue weighted by Crippen LogP contribution is 2.21. The van der Waals surface area contributed by atoms with Crippen LogP contribution < -0.4 is 10.6 Å². The van der Waals surface area contributed by atoms with Gasteiger partial charge in [0.25, 0.3) is 0 Å². The molecule has 0 fully saturated rings. The van der Waals surface area contributed by atoms with Crippen molar-refractivity contribution in [3.8, 4) is 0 Å². The highest BCUT2D eigenvalue weighted by atomic mass is 127. The molecule has 0 aliphatic carbocycles. The molecule has 146 valence electrons. The number of aromatic amines is 1. The van der Waals surface area contributed by atoms with Gasteiger partial charge in [-0.3, -0.25) is 0 Å². The van der Waals surface area contributed by atoms with Gasteiger partial charge in [0.05, 0.1) is 5.69 Å². The molecule has 0 aliphatic heterocycles. The lowest BCUT2D eigenvalue weighted by Gasteiger charge is -2.10. The summed E-state index contributed by atoms with van der Waals surface area (Å²) >= 11 is 0. The Morgan fingerprint density at radius 3 is 2.85 bits per heavy atom. The quantitative estimate of drug-likeness (QED) is 0.272. The van der Waals surface area contributed by atoms with Crippen molar-refractivity contribution in [2.45, 2.75) is 40.2 Å². The van der Waals surface area contributed by atoms with Gasteiger partial charge in [0, 0.05) is 36.3 Å². The standard InChI is InChI=1S/C20H27N5O.HI/c1-4-16-11-17(26-25-16)13-24-20(21-5-2)22-10-9-15-12-23-19-14(3)7-6-8-18(15)19;/h6-8,11-12,23H,4-5,9-10,13H2,1-3H3,(H2,21,22,24);1H. The first-order valence-electron chi connectivity index (χ1n) is 9.23. The molecule has 0 spiro atoms. The van der Waals surface area contributed by atoms with Crippen molar-refractivity contribution in [1.29, 1.82) is 0 Å². The van der Waals surface area contributed by atoms with Gasteiger partial charge < -0.3 is 20.1 Å². The Morgan fingerprint density at radius 1 is 1.26 bits per heavy atom. The van der Waals surface area contributed by atoms with Crippen molar-refractivity contribution in [2.24, 2.45) is 4.99 Å². The van der Waals surface area contributed by atoms with E-state index in [1.54, 1.807) is 0 Å². The van der Waals surface area contributed by atoms with Gasteiger partial charge in [-0.1, -0.05) is 30.3 Å². The fraction of sp³-hybridized carbons (Fsp3) is 0.400. The van der Waals surface area contributed by atoms with Gasteiger partial charge in [-0.25, -0.2) is 4.99 Å². The van der Waals surface area contributed by atoms with E-state index >= 15 is 0 Å². The SMILES string of the molecule is CCNC(=NCc1cc(CC)no1)NCCc1c[nH]c2c(C)cccc12.I. The topological polar surface area (TPSA) is 78.2 Å². The monoisotopic (exact) mass is 481 g/mol. The minimum Gasteiger partial charge on any atom is -0.361 e. The third kappa shape index (κ3) is 5.47. The van der Waals surface area contributed by atoms with Crippen LogP contribution in [0.25, 0.3) is 10.9 Å². The van der Waals surface area contributed by atoms with E-state index < -0.39 is 0 Å². The Labute approximate surface area is 177 Å². The summed E-state index contributed by atoms with van der Waals surface area (Å²) in [4.78, 5) is 7.96. The summed E-state index contributed by atoms with van der Waals surface area (Å²) in [6.07, 6.45) is 3.90.